The molecule has 0 aromatic rings. The van der Waals surface area contributed by atoms with Gasteiger partial charge in [-0.2, -0.15) is 0 Å². The summed E-state index contributed by atoms with van der Waals surface area (Å²) >= 11 is -2.48. The fourth-order valence-corrected chi connectivity index (χ4v) is 44.5. The Kier molecular flexibility index (Phi) is 36.9. The van der Waals surface area contributed by atoms with Gasteiger partial charge in [0.25, 0.3) is 0 Å². The molecule has 0 aromatic carbocycles. The van der Waals surface area contributed by atoms with Gasteiger partial charge in [-0.1, -0.05) is 295 Å². The number of hydrogen-bond acceptors (Lipinski definition) is 0. The molecule has 0 amide bonds. The van der Waals surface area contributed by atoms with E-state index in [1.54, 1.807) is 194 Å². The van der Waals surface area contributed by atoms with Gasteiger partial charge in [-0.05, 0) is 503 Å². The van der Waals surface area contributed by atoms with Gasteiger partial charge in [0.15, 0.2) is 0 Å². The summed E-state index contributed by atoms with van der Waals surface area (Å²) in [5, 5.41) is 0. The summed E-state index contributed by atoms with van der Waals surface area (Å²) in [5.41, 5.74) is 14.9. The molecule has 0 N–H and O–H groups in total. The summed E-state index contributed by atoms with van der Waals surface area (Å²) in [5.74, 6) is 32.7. The van der Waals surface area contributed by atoms with Crippen molar-refractivity contribution in [3.05, 3.63) is 187 Å². The molecule has 0 radical (unpaired) electrons. The van der Waals surface area contributed by atoms with Gasteiger partial charge in [-0.3, -0.25) is 0 Å². The number of hydrogen-bond donors (Lipinski definition) is 0. The summed E-state index contributed by atoms with van der Waals surface area (Å²) in [4.78, 5) is 0. The molecule has 0 nitrogen and oxygen atoms in total. The first-order valence-electron chi connectivity index (χ1n) is 58.2. The Hall–Kier alpha value is 1.27. The van der Waals surface area contributed by atoms with Gasteiger partial charge in [-0.15, -0.1) is 0 Å². The van der Waals surface area contributed by atoms with Crippen molar-refractivity contribution < 1.29 is 62.5 Å². The van der Waals surface area contributed by atoms with E-state index < -0.39 is 62.5 Å². The van der Waals surface area contributed by atoms with Crippen molar-refractivity contribution >= 4 is 51.1 Å². The van der Waals surface area contributed by atoms with Gasteiger partial charge in [0.05, 0.1) is 0 Å². The third-order valence-corrected chi connectivity index (χ3v) is 48.4. The number of fused-ring (bicyclic) bond motifs is 14. The van der Waals surface area contributed by atoms with Crippen LogP contribution in [0, 0.1) is 334 Å². The van der Waals surface area contributed by atoms with Crippen molar-refractivity contribution in [1.82, 2.24) is 0 Å². The minimum absolute atomic E-state index is 0. The Bertz CT molecular complexity index is 4590. The molecule has 9 heteroatoms. The van der Waals surface area contributed by atoms with E-state index in [1.807, 2.05) is 0 Å². The molecular formula is C135H208Cl6Zr3. The van der Waals surface area contributed by atoms with Gasteiger partial charge < -0.3 is 44.6 Å². The second kappa shape index (κ2) is 44.1. The van der Waals surface area contributed by atoms with Crippen molar-refractivity contribution in [3.63, 3.8) is 0 Å². The standard InChI is InChI=1S/C44H64.C43H64.C42H62.6CH3.6ClH.3Zr/c1-41(2,3)29-12-14-32-33-15-13-30(42(4,5)6)20-37(33)40(36(32)19-29)43(7)38-11-9-8-10-34(38)35-21-31(22-39(35)43)44-23-26-16-27(24-44)18-28(17-26)25-44;1-25(2)37-24-42(9,38-20-31(19-34(37)38)43-21-26-14-27(22-43)16-28(15-26)23-43)39-35-17-29(40(3,4)5)10-12-32(35)33-13-11-30(18-36(33)39)41(6,7)8;1-38(2,3)28-10-12-31-32-13-11-29(39(4,5)6)18-34(32)37(33(31)17-28)41(9)24-40(7,8)35-19-30(20-36(35)41)42-21-25-14-26(22-42)16-27(15-25)23-42;;;;;;;;;;;;;;;/h12-15,19-20,26-28,31-40H,8-11,16-18,21-25H2,1-7H3;10-13,17-18,25-28,31-39H,14-16,19-24H2,1-9H3;10-13,17-18,25-27,30-37H,14-16,19-24H2,1-9H3;6*1H3;6*1H;;;/q;;;6*-1;;;;;;;3*+4/p-6. The fourth-order valence-electron chi connectivity index (χ4n) is 44.5. The summed E-state index contributed by atoms with van der Waals surface area (Å²) in [6.07, 6.45) is 95.7. The second-order valence-electron chi connectivity index (χ2n) is 62.4. The maximum atomic E-state index is 4.93. The van der Waals surface area contributed by atoms with E-state index in [2.05, 4.69) is 282 Å². The average molecular weight is 2320 g/mol. The van der Waals surface area contributed by atoms with Crippen molar-refractivity contribution in [2.75, 3.05) is 0 Å². The van der Waals surface area contributed by atoms with E-state index in [0.717, 1.165) is 164 Å². The zero-order chi connectivity index (χ0) is 98.4. The molecule has 22 fully saturated rings. The molecule has 22 saturated carbocycles. The normalized spacial score (nSPS) is 47.1. The Balaban J connectivity index is 0.000000161. The zero-order valence-electron chi connectivity index (χ0n) is 97.2. The quantitative estimate of drug-likeness (QED) is 0.223. The molecule has 27 atom stereocenters. The predicted octanol–water partition coefficient (Wildman–Crippen LogP) is 41.8. The van der Waals surface area contributed by atoms with E-state index in [4.69, 9.17) is 51.1 Å². The van der Waals surface area contributed by atoms with Gasteiger partial charge in [0.2, 0.25) is 0 Å². The molecular weight excluding hydrogens is 2110 g/mol. The molecule has 0 aliphatic heterocycles. The van der Waals surface area contributed by atoms with Crippen molar-refractivity contribution in [3.8, 4) is 0 Å². The van der Waals surface area contributed by atoms with Crippen LogP contribution in [0.5, 0.6) is 0 Å². The van der Waals surface area contributed by atoms with E-state index in [0.29, 0.717) is 92.7 Å². The zero-order valence-corrected chi connectivity index (χ0v) is 109. The van der Waals surface area contributed by atoms with Crippen LogP contribution in [0.15, 0.2) is 143 Å². The van der Waals surface area contributed by atoms with E-state index in [9.17, 15) is 0 Å². The molecule has 0 spiro atoms. The Morgan fingerprint density at radius 3 is 0.792 bits per heavy atom. The predicted molar refractivity (Wildman–Crippen MR) is 618 cm³/mol. The molecule has 802 valence electrons. The monoisotopic (exact) mass is 2310 g/mol. The van der Waals surface area contributed by atoms with Crippen molar-refractivity contribution in [2.45, 2.75) is 366 Å². The first kappa shape index (κ1) is 121. The molecule has 12 bridgehead atoms. The summed E-state index contributed by atoms with van der Waals surface area (Å²) < 4.78 is 0. The summed E-state index contributed by atoms with van der Waals surface area (Å²) in [6, 6.07) is 0. The SMILES string of the molecule is CC(C)(C)C1=CC2C(C=C1)C1C=CC(C(C)(C)C)=CC1C2C1(C)C2CCCCC2C2CC(C34CC5CC(CC(C5)C3)C4)CC21.CC(C)(C)C1=CC2C(C=C1)C1C=CC(C(C)(C)C)=CC1C2C1(C)CC(C)(C)C2CC(C34CC5CC(CC(C5)C3)C4)CC21.CC(C)C1CC(C)(C2C3C=C(C(C)(C)C)C=CC3C3C=CC(C(C)(C)C)=CC32)C2CC(C34CC5CC(CC(C5)C3)C4)CC12.[CH3-].[CH3-].[CH3-].[CH3-].[CH3-].[CH3-].[Cl][Zr+2][Cl].[Cl][Zr+2][Cl].[Cl][Zr+2][Cl]. The molecule has 27 unspecified atom stereocenters. The first-order valence-corrected chi connectivity index (χ1v) is 77.1. The van der Waals surface area contributed by atoms with Crippen LogP contribution in [0.1, 0.15) is 366 Å². The first-order chi connectivity index (χ1) is 64.8. The number of halogens is 6. The molecule has 28 aliphatic rings. The molecule has 28 aliphatic carbocycles. The van der Waals surface area contributed by atoms with Gasteiger partial charge in [0.1, 0.15) is 0 Å². The molecule has 0 aromatic heterocycles. The van der Waals surface area contributed by atoms with Crippen LogP contribution in [0.2, 0.25) is 0 Å². The van der Waals surface area contributed by atoms with Crippen LogP contribution in [0.3, 0.4) is 0 Å². The van der Waals surface area contributed by atoms with Crippen molar-refractivity contribution in [1.29, 1.82) is 0 Å². The van der Waals surface area contributed by atoms with Crippen LogP contribution >= 0.6 is 51.1 Å². The summed E-state index contributed by atoms with van der Waals surface area (Å²) in [7, 11) is 29.6. The third kappa shape index (κ3) is 21.4. The van der Waals surface area contributed by atoms with Gasteiger partial charge in [-0.25, -0.2) is 0 Å². The second-order valence-corrected chi connectivity index (χ2v) is 73.6. The molecule has 28 rings (SSSR count). The van der Waals surface area contributed by atoms with Gasteiger partial charge in [0, 0.05) is 0 Å². The molecule has 0 heterocycles. The van der Waals surface area contributed by atoms with Gasteiger partial charge >= 0.3 is 114 Å². The van der Waals surface area contributed by atoms with E-state index in [-0.39, 0.29) is 77.0 Å². The summed E-state index contributed by atoms with van der Waals surface area (Å²) in [6.45, 7) is 63.2. The average Bonchev–Trinajstić information content (AvgIpc) is 1.51. The third-order valence-electron chi connectivity index (χ3n) is 48.4. The molecule has 144 heavy (non-hydrogen) atoms. The van der Waals surface area contributed by atoms with Crippen LogP contribution in [-0.2, 0) is 62.5 Å². The number of allylic oxidation sites excluding steroid dienone is 24. The van der Waals surface area contributed by atoms with Crippen LogP contribution < -0.4 is 0 Å². The van der Waals surface area contributed by atoms with Crippen LogP contribution in [-0.4, -0.2) is 0 Å². The number of rotatable bonds is 7. The Morgan fingerprint density at radius 2 is 0.507 bits per heavy atom. The van der Waals surface area contributed by atoms with Crippen LogP contribution in [0.25, 0.3) is 0 Å². The minimum atomic E-state index is -0.826. The maximum absolute atomic E-state index is 4.93. The Morgan fingerprint density at radius 1 is 0.264 bits per heavy atom. The van der Waals surface area contributed by atoms with E-state index in [1.165, 1.54) is 32.1 Å². The van der Waals surface area contributed by atoms with Crippen LogP contribution in [0.4, 0.5) is 0 Å². The van der Waals surface area contributed by atoms with Crippen molar-refractivity contribution in [2.24, 2.45) is 289 Å². The van der Waals surface area contributed by atoms with E-state index >= 15 is 0 Å². The Labute approximate surface area is 945 Å². The fraction of sp³-hybridized carbons (Fsp3) is 0.778. The topological polar surface area (TPSA) is 0 Å². The molecule has 0 saturated heterocycles.